The van der Waals surface area contributed by atoms with E-state index in [1.165, 1.54) is 0 Å². The van der Waals surface area contributed by atoms with Crippen LogP contribution in [0, 0.1) is 0 Å². The first-order chi connectivity index (χ1) is 11.3. The van der Waals surface area contributed by atoms with Crippen LogP contribution in [0.5, 0.6) is 0 Å². The smallest absolute Gasteiger partial charge is 0.223 e. The summed E-state index contributed by atoms with van der Waals surface area (Å²) < 4.78 is 1.94. The van der Waals surface area contributed by atoms with Crippen LogP contribution in [0.4, 0.5) is 0 Å². The molecule has 1 atom stereocenters. The van der Waals surface area contributed by atoms with Gasteiger partial charge >= 0.3 is 0 Å². The van der Waals surface area contributed by atoms with Gasteiger partial charge in [0.25, 0.3) is 0 Å². The van der Waals surface area contributed by atoms with Gasteiger partial charge < -0.3 is 10.2 Å². The van der Waals surface area contributed by atoms with Crippen LogP contribution in [0.25, 0.3) is 5.69 Å². The SMILES string of the molecule is CN[C@@H]1CCCN(C(=O)CCc2nncn2-c2ccccc2)C1. The van der Waals surface area contributed by atoms with Gasteiger partial charge in [-0.2, -0.15) is 0 Å². The van der Waals surface area contributed by atoms with Crippen LogP contribution in [0.1, 0.15) is 25.1 Å². The summed E-state index contributed by atoms with van der Waals surface area (Å²) in [4.78, 5) is 14.4. The van der Waals surface area contributed by atoms with Crippen LogP contribution in [0.2, 0.25) is 0 Å². The van der Waals surface area contributed by atoms with Crippen molar-refractivity contribution in [3.63, 3.8) is 0 Å². The molecule has 122 valence electrons. The van der Waals surface area contributed by atoms with Crippen molar-refractivity contribution in [3.05, 3.63) is 42.5 Å². The number of nitrogens with one attached hydrogen (secondary N) is 1. The second-order valence-electron chi connectivity index (χ2n) is 5.92. The molecule has 6 heteroatoms. The molecule has 2 heterocycles. The van der Waals surface area contributed by atoms with Crippen molar-refractivity contribution in [3.8, 4) is 5.69 Å². The Labute approximate surface area is 136 Å². The van der Waals surface area contributed by atoms with E-state index in [9.17, 15) is 4.79 Å². The minimum absolute atomic E-state index is 0.201. The maximum atomic E-state index is 12.4. The van der Waals surface area contributed by atoms with Gasteiger partial charge in [-0.1, -0.05) is 18.2 Å². The van der Waals surface area contributed by atoms with E-state index in [1.54, 1.807) is 6.33 Å². The number of carbonyl (C=O) groups excluding carboxylic acids is 1. The van der Waals surface area contributed by atoms with Gasteiger partial charge in [-0.3, -0.25) is 9.36 Å². The molecule has 0 unspecified atom stereocenters. The number of para-hydroxylation sites is 1. The lowest BCUT2D eigenvalue weighted by Gasteiger charge is -2.32. The molecule has 1 aliphatic rings. The number of rotatable bonds is 5. The number of piperidine rings is 1. The number of nitrogens with zero attached hydrogens (tertiary/aromatic N) is 4. The molecular weight excluding hydrogens is 290 g/mol. The van der Waals surface area contributed by atoms with Gasteiger partial charge in [0.05, 0.1) is 0 Å². The Hall–Kier alpha value is -2.21. The molecule has 1 aromatic carbocycles. The molecule has 3 rings (SSSR count). The third kappa shape index (κ3) is 3.76. The highest BCUT2D eigenvalue weighted by Crippen LogP contribution is 2.14. The van der Waals surface area contributed by atoms with E-state index in [0.717, 1.165) is 37.4 Å². The molecule has 1 aromatic heterocycles. The molecular formula is C17H23N5O. The van der Waals surface area contributed by atoms with Gasteiger partial charge in [-0.15, -0.1) is 10.2 Å². The highest BCUT2D eigenvalue weighted by Gasteiger charge is 2.22. The first-order valence-electron chi connectivity index (χ1n) is 8.17. The molecule has 1 amide bonds. The van der Waals surface area contributed by atoms with E-state index in [-0.39, 0.29) is 5.91 Å². The number of hydrogen-bond donors (Lipinski definition) is 1. The Kier molecular flexibility index (Phi) is 5.02. The molecule has 0 spiro atoms. The zero-order valence-corrected chi connectivity index (χ0v) is 13.5. The van der Waals surface area contributed by atoms with Crippen LogP contribution in [-0.2, 0) is 11.2 Å². The number of aryl methyl sites for hydroxylation is 1. The summed E-state index contributed by atoms with van der Waals surface area (Å²) >= 11 is 0. The Morgan fingerprint density at radius 2 is 2.17 bits per heavy atom. The molecule has 6 nitrogen and oxygen atoms in total. The normalized spacial score (nSPS) is 18.1. The van der Waals surface area contributed by atoms with Crippen molar-refractivity contribution in [2.24, 2.45) is 0 Å². The monoisotopic (exact) mass is 313 g/mol. The molecule has 0 bridgehead atoms. The largest absolute Gasteiger partial charge is 0.341 e. The van der Waals surface area contributed by atoms with Gasteiger partial charge in [0.2, 0.25) is 5.91 Å². The average Bonchev–Trinajstić information content (AvgIpc) is 3.09. The van der Waals surface area contributed by atoms with Gasteiger partial charge in [-0.05, 0) is 32.0 Å². The van der Waals surface area contributed by atoms with Crippen molar-refractivity contribution < 1.29 is 4.79 Å². The number of likely N-dealkylation sites (tertiary alicyclic amines) is 1. The lowest BCUT2D eigenvalue weighted by atomic mass is 10.1. The van der Waals surface area contributed by atoms with Crippen molar-refractivity contribution in [1.29, 1.82) is 0 Å². The molecule has 2 aromatic rings. The van der Waals surface area contributed by atoms with E-state index in [0.29, 0.717) is 18.9 Å². The first-order valence-corrected chi connectivity index (χ1v) is 8.17. The minimum atomic E-state index is 0.201. The van der Waals surface area contributed by atoms with Crippen LogP contribution in [0.15, 0.2) is 36.7 Å². The molecule has 1 saturated heterocycles. The Balaban J connectivity index is 1.61. The fourth-order valence-electron chi connectivity index (χ4n) is 3.05. The third-order valence-corrected chi connectivity index (χ3v) is 4.40. The van der Waals surface area contributed by atoms with Crippen molar-refractivity contribution in [2.75, 3.05) is 20.1 Å². The summed E-state index contributed by atoms with van der Waals surface area (Å²) in [5.74, 6) is 1.03. The highest BCUT2D eigenvalue weighted by molar-refractivity contribution is 5.76. The molecule has 1 aliphatic heterocycles. The van der Waals surface area contributed by atoms with Gasteiger partial charge in [0.1, 0.15) is 12.2 Å². The summed E-state index contributed by atoms with van der Waals surface area (Å²) in [6, 6.07) is 10.4. The van der Waals surface area contributed by atoms with Crippen LogP contribution in [-0.4, -0.2) is 51.8 Å². The molecule has 1 N–H and O–H groups in total. The van der Waals surface area contributed by atoms with Crippen LogP contribution >= 0.6 is 0 Å². The molecule has 0 aliphatic carbocycles. The van der Waals surface area contributed by atoms with E-state index in [1.807, 2.05) is 46.8 Å². The predicted molar refractivity (Wildman–Crippen MR) is 88.3 cm³/mol. The quantitative estimate of drug-likeness (QED) is 0.906. The third-order valence-electron chi connectivity index (χ3n) is 4.40. The fraction of sp³-hybridized carbons (Fsp3) is 0.471. The number of hydrogen-bond acceptors (Lipinski definition) is 4. The lowest BCUT2D eigenvalue weighted by Crippen LogP contribution is -2.47. The van der Waals surface area contributed by atoms with E-state index in [2.05, 4.69) is 15.5 Å². The predicted octanol–water partition coefficient (Wildman–Crippen LogP) is 1.41. The average molecular weight is 313 g/mol. The van der Waals surface area contributed by atoms with Crippen molar-refractivity contribution in [2.45, 2.75) is 31.7 Å². The molecule has 23 heavy (non-hydrogen) atoms. The number of carbonyl (C=O) groups is 1. The number of likely N-dealkylation sites (N-methyl/N-ethyl adjacent to an activating group) is 1. The number of amides is 1. The van der Waals surface area contributed by atoms with E-state index in [4.69, 9.17) is 0 Å². The zero-order valence-electron chi connectivity index (χ0n) is 13.5. The summed E-state index contributed by atoms with van der Waals surface area (Å²) in [5.41, 5.74) is 1.02. The van der Waals surface area contributed by atoms with Crippen LogP contribution in [0.3, 0.4) is 0 Å². The van der Waals surface area contributed by atoms with Crippen molar-refractivity contribution >= 4 is 5.91 Å². The van der Waals surface area contributed by atoms with E-state index >= 15 is 0 Å². The summed E-state index contributed by atoms with van der Waals surface area (Å²) in [7, 11) is 1.96. The van der Waals surface area contributed by atoms with Gasteiger partial charge in [0.15, 0.2) is 0 Å². The molecule has 0 radical (unpaired) electrons. The Bertz CT molecular complexity index is 639. The lowest BCUT2D eigenvalue weighted by molar-refractivity contribution is -0.132. The Morgan fingerprint density at radius 1 is 1.35 bits per heavy atom. The number of benzene rings is 1. The van der Waals surface area contributed by atoms with Gasteiger partial charge in [0, 0.05) is 37.7 Å². The van der Waals surface area contributed by atoms with Crippen molar-refractivity contribution in [1.82, 2.24) is 25.0 Å². The fourth-order valence-corrected chi connectivity index (χ4v) is 3.05. The first kappa shape index (κ1) is 15.7. The Morgan fingerprint density at radius 3 is 2.96 bits per heavy atom. The summed E-state index contributed by atoms with van der Waals surface area (Å²) in [6.07, 6.45) is 4.99. The second-order valence-corrected chi connectivity index (χ2v) is 5.92. The molecule has 1 fully saturated rings. The number of aromatic nitrogens is 3. The van der Waals surface area contributed by atoms with E-state index < -0.39 is 0 Å². The standard InChI is InChI=1S/C17H23N5O/c1-18-14-6-5-11-21(12-14)17(23)10-9-16-20-19-13-22(16)15-7-3-2-4-8-15/h2-4,7-8,13-14,18H,5-6,9-12H2,1H3/t14-/m1/s1. The van der Waals surface area contributed by atoms with Gasteiger partial charge in [-0.25, -0.2) is 0 Å². The summed E-state index contributed by atoms with van der Waals surface area (Å²) in [6.45, 7) is 1.67. The minimum Gasteiger partial charge on any atom is -0.341 e. The molecule has 0 saturated carbocycles. The maximum absolute atomic E-state index is 12.4. The topological polar surface area (TPSA) is 63.1 Å². The van der Waals surface area contributed by atoms with Crippen LogP contribution < -0.4 is 5.32 Å². The summed E-state index contributed by atoms with van der Waals surface area (Å²) in [5, 5.41) is 11.4. The highest BCUT2D eigenvalue weighted by atomic mass is 16.2. The zero-order chi connectivity index (χ0) is 16.1. The maximum Gasteiger partial charge on any atom is 0.223 e. The second kappa shape index (κ2) is 7.37.